The largest absolute Gasteiger partial charge is 0.305 e. The van der Waals surface area contributed by atoms with Gasteiger partial charge in [0.25, 0.3) is 0 Å². The molecule has 0 bridgehead atoms. The van der Waals surface area contributed by atoms with Crippen LogP contribution in [0.15, 0.2) is 30.3 Å². The maximum absolute atomic E-state index is 11.7. The second kappa shape index (κ2) is 5.97. The fraction of sp³-hybridized carbons (Fsp3) is 0.467. The summed E-state index contributed by atoms with van der Waals surface area (Å²) < 4.78 is 0. The molecule has 4 heteroatoms. The van der Waals surface area contributed by atoms with Crippen molar-refractivity contribution in [1.29, 1.82) is 0 Å². The summed E-state index contributed by atoms with van der Waals surface area (Å²) in [6, 6.07) is 9.97. The van der Waals surface area contributed by atoms with Crippen molar-refractivity contribution in [2.24, 2.45) is 0 Å². The Bertz CT molecular complexity index is 458. The third-order valence-electron chi connectivity index (χ3n) is 3.72. The molecule has 2 rings (SSSR count). The zero-order chi connectivity index (χ0) is 13.8. The molecule has 1 heterocycles. The van der Waals surface area contributed by atoms with Gasteiger partial charge in [-0.1, -0.05) is 37.3 Å². The molecule has 1 aromatic carbocycles. The van der Waals surface area contributed by atoms with Gasteiger partial charge in [-0.3, -0.25) is 14.5 Å². The molecular weight excluding hydrogens is 240 g/mol. The lowest BCUT2D eigenvalue weighted by molar-refractivity contribution is -0.137. The van der Waals surface area contributed by atoms with Crippen LogP contribution in [0.2, 0.25) is 0 Å². The van der Waals surface area contributed by atoms with Crippen LogP contribution in [0.4, 0.5) is 0 Å². The van der Waals surface area contributed by atoms with E-state index in [2.05, 4.69) is 24.4 Å². The second-order valence-electron chi connectivity index (χ2n) is 5.10. The van der Waals surface area contributed by atoms with Crippen molar-refractivity contribution < 1.29 is 9.59 Å². The van der Waals surface area contributed by atoms with E-state index in [-0.39, 0.29) is 24.3 Å². The molecule has 0 spiro atoms. The summed E-state index contributed by atoms with van der Waals surface area (Å²) in [5.74, 6) is 0.231. The number of imide groups is 1. The fourth-order valence-corrected chi connectivity index (χ4v) is 2.34. The zero-order valence-corrected chi connectivity index (χ0v) is 11.4. The number of amides is 2. The molecule has 1 saturated heterocycles. The van der Waals surface area contributed by atoms with Crippen molar-refractivity contribution in [1.82, 2.24) is 10.2 Å². The Morgan fingerprint density at radius 2 is 2.00 bits per heavy atom. The maximum atomic E-state index is 11.7. The number of carbonyl (C=O) groups excluding carboxylic acids is 2. The molecule has 0 saturated carbocycles. The normalized spacial score (nSPS) is 20.9. The summed E-state index contributed by atoms with van der Waals surface area (Å²) in [7, 11) is 1.54. The van der Waals surface area contributed by atoms with E-state index < -0.39 is 0 Å². The Morgan fingerprint density at radius 3 is 2.58 bits per heavy atom. The van der Waals surface area contributed by atoms with Crippen LogP contribution in [0.3, 0.4) is 0 Å². The third kappa shape index (κ3) is 3.20. The molecule has 2 amide bonds. The molecule has 1 N–H and O–H groups in total. The van der Waals surface area contributed by atoms with E-state index in [1.165, 1.54) is 10.5 Å². The molecule has 2 unspecified atom stereocenters. The van der Waals surface area contributed by atoms with Crippen molar-refractivity contribution in [2.45, 2.75) is 31.7 Å². The number of hydrogen-bond acceptors (Lipinski definition) is 3. The van der Waals surface area contributed by atoms with Crippen LogP contribution in [-0.2, 0) is 9.59 Å². The lowest BCUT2D eigenvalue weighted by atomic mass is 9.98. The van der Waals surface area contributed by atoms with E-state index in [4.69, 9.17) is 0 Å². The summed E-state index contributed by atoms with van der Waals surface area (Å²) in [4.78, 5) is 24.3. The number of benzene rings is 1. The van der Waals surface area contributed by atoms with Crippen molar-refractivity contribution in [2.75, 3.05) is 13.6 Å². The molecule has 2 atom stereocenters. The monoisotopic (exact) mass is 260 g/mol. The SMILES string of the molecule is CC(CCNC1CC(=O)N(C)C1=O)c1ccccc1. The Hall–Kier alpha value is -1.68. The first-order valence-electron chi connectivity index (χ1n) is 6.68. The first kappa shape index (κ1) is 13.7. The van der Waals surface area contributed by atoms with Gasteiger partial charge >= 0.3 is 0 Å². The van der Waals surface area contributed by atoms with Gasteiger partial charge in [-0.25, -0.2) is 0 Å². The minimum absolute atomic E-state index is 0.0985. The highest BCUT2D eigenvalue weighted by molar-refractivity contribution is 6.05. The van der Waals surface area contributed by atoms with Crippen LogP contribution >= 0.6 is 0 Å². The Balaban J connectivity index is 1.78. The summed E-state index contributed by atoms with van der Waals surface area (Å²) in [5, 5.41) is 3.18. The average molecular weight is 260 g/mol. The van der Waals surface area contributed by atoms with E-state index in [1.54, 1.807) is 7.05 Å². The molecule has 1 aliphatic heterocycles. The third-order valence-corrected chi connectivity index (χ3v) is 3.72. The lowest BCUT2D eigenvalue weighted by Gasteiger charge is -2.14. The number of rotatable bonds is 5. The number of carbonyl (C=O) groups is 2. The van der Waals surface area contributed by atoms with Gasteiger partial charge in [0, 0.05) is 7.05 Å². The van der Waals surface area contributed by atoms with E-state index in [0.29, 0.717) is 5.92 Å². The number of nitrogens with zero attached hydrogens (tertiary/aromatic N) is 1. The highest BCUT2D eigenvalue weighted by Gasteiger charge is 2.35. The Kier molecular flexibility index (Phi) is 4.32. The summed E-state index contributed by atoms with van der Waals surface area (Å²) >= 11 is 0. The van der Waals surface area contributed by atoms with Gasteiger partial charge in [-0.15, -0.1) is 0 Å². The summed E-state index contributed by atoms with van der Waals surface area (Å²) in [6.07, 6.45) is 1.24. The minimum Gasteiger partial charge on any atom is -0.305 e. The molecular formula is C15H20N2O2. The molecule has 1 aromatic rings. The van der Waals surface area contributed by atoms with Crippen LogP contribution in [-0.4, -0.2) is 36.3 Å². The second-order valence-corrected chi connectivity index (χ2v) is 5.10. The van der Waals surface area contributed by atoms with Crippen LogP contribution in [0.1, 0.15) is 31.2 Å². The van der Waals surface area contributed by atoms with Gasteiger partial charge in [-0.2, -0.15) is 0 Å². The Labute approximate surface area is 113 Å². The summed E-state index contributed by atoms with van der Waals surface area (Å²) in [6.45, 7) is 2.92. The van der Waals surface area contributed by atoms with Crippen molar-refractivity contribution in [3.05, 3.63) is 35.9 Å². The quantitative estimate of drug-likeness (QED) is 0.817. The average Bonchev–Trinajstić information content (AvgIpc) is 2.67. The number of hydrogen-bond donors (Lipinski definition) is 1. The van der Waals surface area contributed by atoms with Gasteiger partial charge < -0.3 is 5.32 Å². The fourth-order valence-electron chi connectivity index (χ4n) is 2.34. The van der Waals surface area contributed by atoms with Crippen molar-refractivity contribution in [3.63, 3.8) is 0 Å². The van der Waals surface area contributed by atoms with Crippen LogP contribution in [0.25, 0.3) is 0 Å². The molecule has 0 aromatic heterocycles. The Morgan fingerprint density at radius 1 is 1.32 bits per heavy atom. The number of likely N-dealkylation sites (N-methyl/N-ethyl adjacent to an activating group) is 1. The van der Waals surface area contributed by atoms with E-state index in [1.807, 2.05) is 18.2 Å². The topological polar surface area (TPSA) is 49.4 Å². The van der Waals surface area contributed by atoms with Crippen LogP contribution in [0.5, 0.6) is 0 Å². The maximum Gasteiger partial charge on any atom is 0.246 e. The molecule has 19 heavy (non-hydrogen) atoms. The molecule has 1 aliphatic rings. The smallest absolute Gasteiger partial charge is 0.246 e. The van der Waals surface area contributed by atoms with E-state index >= 15 is 0 Å². The zero-order valence-electron chi connectivity index (χ0n) is 11.4. The molecule has 4 nitrogen and oxygen atoms in total. The molecule has 0 radical (unpaired) electrons. The number of nitrogens with one attached hydrogen (secondary N) is 1. The number of likely N-dealkylation sites (tertiary alicyclic amines) is 1. The van der Waals surface area contributed by atoms with E-state index in [0.717, 1.165) is 13.0 Å². The van der Waals surface area contributed by atoms with Crippen LogP contribution in [0, 0.1) is 0 Å². The van der Waals surface area contributed by atoms with Crippen LogP contribution < -0.4 is 5.32 Å². The first-order chi connectivity index (χ1) is 9.09. The van der Waals surface area contributed by atoms with Gasteiger partial charge in [0.2, 0.25) is 11.8 Å². The molecule has 1 fully saturated rings. The van der Waals surface area contributed by atoms with Gasteiger partial charge in [-0.05, 0) is 24.4 Å². The lowest BCUT2D eigenvalue weighted by Crippen LogP contribution is -2.37. The predicted molar refractivity (Wildman–Crippen MR) is 73.7 cm³/mol. The van der Waals surface area contributed by atoms with Crippen molar-refractivity contribution >= 4 is 11.8 Å². The van der Waals surface area contributed by atoms with E-state index in [9.17, 15) is 9.59 Å². The van der Waals surface area contributed by atoms with Crippen molar-refractivity contribution in [3.8, 4) is 0 Å². The predicted octanol–water partition coefficient (Wildman–Crippen LogP) is 1.53. The van der Waals surface area contributed by atoms with Gasteiger partial charge in [0.15, 0.2) is 0 Å². The molecule has 102 valence electrons. The van der Waals surface area contributed by atoms with Gasteiger partial charge in [0.05, 0.1) is 12.5 Å². The standard InChI is InChI=1S/C15H20N2O2/c1-11(12-6-4-3-5-7-12)8-9-16-13-10-14(18)17(2)15(13)19/h3-7,11,13,16H,8-10H2,1-2H3. The highest BCUT2D eigenvalue weighted by Crippen LogP contribution is 2.18. The minimum atomic E-state index is -0.333. The molecule has 0 aliphatic carbocycles. The first-order valence-corrected chi connectivity index (χ1v) is 6.68. The summed E-state index contributed by atoms with van der Waals surface area (Å²) in [5.41, 5.74) is 1.30. The highest BCUT2D eigenvalue weighted by atomic mass is 16.2. The van der Waals surface area contributed by atoms with Gasteiger partial charge in [0.1, 0.15) is 0 Å².